The first-order valence-electron chi connectivity index (χ1n) is 28.6. The highest BCUT2D eigenvalue weighted by molar-refractivity contribution is 7.19. The molecule has 356 valence electrons. The summed E-state index contributed by atoms with van der Waals surface area (Å²) < 4.78 is 68.2. The molecular weight excluding hydrogens is 941 g/mol. The Hall–Kier alpha value is -9.88. The molecule has 0 unspecified atom stereocenters. The Kier molecular flexibility index (Phi) is 9.38. The fourth-order valence-corrected chi connectivity index (χ4v) is 15.6. The number of hydrogen-bond donors (Lipinski definition) is 0. The predicted octanol–water partition coefficient (Wildman–Crippen LogP) is 14.9. The van der Waals surface area contributed by atoms with Crippen molar-refractivity contribution in [3.8, 4) is 67.7 Å². The van der Waals surface area contributed by atoms with Crippen molar-refractivity contribution in [2.24, 2.45) is 0 Å². The van der Waals surface area contributed by atoms with Crippen LogP contribution < -0.4 is 20.7 Å². The third-order valence-corrected chi connectivity index (χ3v) is 19.2. The summed E-state index contributed by atoms with van der Waals surface area (Å²) in [6.45, 7) is 0. The molecule has 14 aromatic rings. The van der Waals surface area contributed by atoms with Crippen LogP contribution >= 0.6 is 0 Å². The van der Waals surface area contributed by atoms with Gasteiger partial charge in [-0.3, -0.25) is 4.98 Å². The summed E-state index contributed by atoms with van der Waals surface area (Å²) in [4.78, 5) is 21.2. The van der Waals surface area contributed by atoms with Crippen LogP contribution in [0.3, 0.4) is 0 Å². The van der Waals surface area contributed by atoms with Gasteiger partial charge in [-0.1, -0.05) is 243 Å². The zero-order chi connectivity index (χ0) is 56.5. The Labute approximate surface area is 451 Å². The van der Waals surface area contributed by atoms with Crippen LogP contribution in [0, 0.1) is 0 Å². The van der Waals surface area contributed by atoms with E-state index in [0.717, 1.165) is 54.7 Å². The highest BCUT2D eigenvalue weighted by atomic mass is 28.3. The van der Waals surface area contributed by atoms with Gasteiger partial charge in [-0.25, -0.2) is 15.0 Å². The molecule has 3 aromatic heterocycles. The third-order valence-electron chi connectivity index (χ3n) is 14.5. The fourth-order valence-electron chi connectivity index (χ4n) is 10.9. The van der Waals surface area contributed by atoms with E-state index in [0.29, 0.717) is 39.4 Å². The van der Waals surface area contributed by atoms with Crippen molar-refractivity contribution in [1.82, 2.24) is 19.9 Å². The lowest BCUT2D eigenvalue weighted by molar-refractivity contribution is 0.669. The van der Waals surface area contributed by atoms with Crippen molar-refractivity contribution in [3.05, 3.63) is 279 Å². The molecule has 3 heterocycles. The van der Waals surface area contributed by atoms with Gasteiger partial charge in [-0.2, -0.15) is 0 Å². The first-order chi connectivity index (χ1) is 40.6. The molecule has 0 atom stereocenters. The van der Waals surface area contributed by atoms with Crippen molar-refractivity contribution in [3.63, 3.8) is 0 Å². The Morgan fingerprint density at radius 1 is 0.342 bits per heavy atom. The minimum atomic E-state index is -3.16. The van der Waals surface area contributed by atoms with Crippen molar-refractivity contribution in [2.75, 3.05) is 0 Å². The summed E-state index contributed by atoms with van der Waals surface area (Å²) in [6, 6.07) is 76.2. The van der Waals surface area contributed by atoms with Crippen LogP contribution in [0.4, 0.5) is 0 Å². The van der Waals surface area contributed by atoms with Gasteiger partial charge in [0, 0.05) is 39.2 Å². The van der Waals surface area contributed by atoms with E-state index in [1.165, 1.54) is 10.4 Å². The van der Waals surface area contributed by atoms with E-state index in [-0.39, 0.29) is 45.6 Å². The quantitative estimate of drug-likeness (QED) is 0.101. The number of furan rings is 1. The Morgan fingerprint density at radius 3 is 1.59 bits per heavy atom. The van der Waals surface area contributed by atoms with Gasteiger partial charge in [0.15, 0.2) is 25.5 Å². The Bertz CT molecular complexity index is 4840. The summed E-state index contributed by atoms with van der Waals surface area (Å²) in [5.41, 5.74) is 6.85. The van der Waals surface area contributed by atoms with E-state index in [9.17, 15) is 1.37 Å². The van der Waals surface area contributed by atoms with Crippen LogP contribution in [0.2, 0.25) is 0 Å². The molecule has 0 aliphatic rings. The molecule has 11 aromatic carbocycles. The average Bonchev–Trinajstić information content (AvgIpc) is 2.86. The van der Waals surface area contributed by atoms with Gasteiger partial charge in [0.1, 0.15) is 11.2 Å². The lowest BCUT2D eigenvalue weighted by Gasteiger charge is -2.34. The van der Waals surface area contributed by atoms with E-state index in [2.05, 4.69) is 146 Å². The largest absolute Gasteiger partial charge is 0.456 e. The van der Waals surface area contributed by atoms with Crippen LogP contribution in [0.1, 0.15) is 9.60 Å². The van der Waals surface area contributed by atoms with Crippen LogP contribution in [-0.2, 0) is 0 Å². The van der Waals surface area contributed by atoms with E-state index >= 15 is 0 Å². The minimum Gasteiger partial charge on any atom is -0.456 e. The van der Waals surface area contributed by atoms with E-state index in [4.69, 9.17) is 32.6 Å². The van der Waals surface area contributed by atoms with E-state index < -0.39 is 32.2 Å². The molecule has 6 heteroatoms. The zero-order valence-electron chi connectivity index (χ0n) is 47.7. The van der Waals surface area contributed by atoms with Crippen LogP contribution in [0.5, 0.6) is 0 Å². The van der Waals surface area contributed by atoms with Crippen molar-refractivity contribution >= 4 is 72.3 Å². The Morgan fingerprint density at radius 2 is 0.895 bits per heavy atom. The van der Waals surface area contributed by atoms with Gasteiger partial charge in [-0.05, 0) is 94.8 Å². The first kappa shape index (κ1) is 37.8. The number of aromatic nitrogens is 4. The lowest BCUT2D eigenvalue weighted by Crippen LogP contribution is -2.74. The number of rotatable bonds is 10. The van der Waals surface area contributed by atoms with Gasteiger partial charge in [-0.15, -0.1) is 0 Å². The standard InChI is InChI=1S/C70H46N4OSi/c1-5-19-47(20-6-1)49-37-38-51-44-53(40-39-50(51)43-49)69-72-68(73-70(74-69)62-34-17-30-58-59(31-16-32-60(58)62)61-33-18-36-66-67(61)63-29-13-14-35-65(63)75-66)52-23-15-28-56(45-52)76(54-24-9-3-10-25-54,55-26-11-4-12-27-55)57-41-42-64(71-46-57)48-21-7-2-8-22-48/h1-46H/i13D,14D,18D,29D,33D,35D,36D. The van der Waals surface area contributed by atoms with Gasteiger partial charge in [0.25, 0.3) is 0 Å². The number of nitrogens with zero attached hydrogens (tertiary/aromatic N) is 4. The summed E-state index contributed by atoms with van der Waals surface area (Å²) >= 11 is 0. The maximum atomic E-state index is 9.44. The van der Waals surface area contributed by atoms with Gasteiger partial charge >= 0.3 is 0 Å². The van der Waals surface area contributed by atoms with Gasteiger partial charge in [0.05, 0.1) is 15.3 Å². The topological polar surface area (TPSA) is 64.7 Å². The average molecular weight is 994 g/mol. The van der Waals surface area contributed by atoms with Crippen LogP contribution in [0.25, 0.3) is 111 Å². The first-order valence-corrected chi connectivity index (χ1v) is 27.1. The lowest BCUT2D eigenvalue weighted by atomic mass is 9.93. The predicted molar refractivity (Wildman–Crippen MR) is 316 cm³/mol. The zero-order valence-corrected chi connectivity index (χ0v) is 41.7. The molecule has 0 aliphatic heterocycles. The smallest absolute Gasteiger partial charge is 0.181 e. The second-order valence-electron chi connectivity index (χ2n) is 18.8. The summed E-state index contributed by atoms with van der Waals surface area (Å²) in [5.74, 6) is 1.28. The third kappa shape index (κ3) is 7.79. The Balaban J connectivity index is 0.992. The van der Waals surface area contributed by atoms with Crippen molar-refractivity contribution < 1.29 is 14.0 Å². The molecular formula is C70H46N4OSi. The molecule has 76 heavy (non-hydrogen) atoms. The van der Waals surface area contributed by atoms with Gasteiger partial charge < -0.3 is 4.42 Å². The summed E-state index contributed by atoms with van der Waals surface area (Å²) in [7, 11) is -3.16. The number of hydrogen-bond acceptors (Lipinski definition) is 5. The molecule has 0 saturated carbocycles. The molecule has 0 bridgehead atoms. The molecule has 0 fully saturated rings. The van der Waals surface area contributed by atoms with Crippen LogP contribution in [-0.4, -0.2) is 28.0 Å². The van der Waals surface area contributed by atoms with E-state index in [1.54, 1.807) is 0 Å². The highest BCUT2D eigenvalue weighted by Gasteiger charge is 2.42. The SMILES string of the molecule is [2H]c1c([2H])c([2H])c2c(oc3c([2H])c([2H])c([2H])c(-c4cccc5c(-c6nc(-c7cccc([Si](c8ccccc8)(c8ccccc8)c8ccc(-c9ccccc9)nc8)c7)nc(-c7ccc8cc(-c9ccccc9)ccc8c7)n6)cccc45)c32)c1[2H]. The summed E-state index contributed by atoms with van der Waals surface area (Å²) in [6.07, 6.45) is 2.05. The van der Waals surface area contributed by atoms with Gasteiger partial charge in [0.2, 0.25) is 0 Å². The molecule has 0 spiro atoms. The number of benzene rings is 11. The maximum Gasteiger partial charge on any atom is 0.181 e. The van der Waals surface area contributed by atoms with Crippen molar-refractivity contribution in [2.45, 2.75) is 0 Å². The minimum absolute atomic E-state index is 0.0453. The molecule has 0 saturated heterocycles. The molecule has 0 amide bonds. The maximum absolute atomic E-state index is 9.44. The van der Waals surface area contributed by atoms with Crippen LogP contribution in [0.15, 0.2) is 283 Å². The second-order valence-corrected chi connectivity index (χ2v) is 22.6. The van der Waals surface area contributed by atoms with E-state index in [1.807, 2.05) is 91.1 Å². The molecule has 0 radical (unpaired) electrons. The summed E-state index contributed by atoms with van der Waals surface area (Å²) in [5, 5.41) is 8.22. The molecule has 0 N–H and O–H groups in total. The number of para-hydroxylation sites is 1. The highest BCUT2D eigenvalue weighted by Crippen LogP contribution is 2.41. The molecule has 5 nitrogen and oxygen atoms in total. The fraction of sp³-hybridized carbons (Fsp3) is 0. The normalized spacial score (nSPS) is 13.0. The molecule has 14 rings (SSSR count). The second kappa shape index (κ2) is 18.9. The van der Waals surface area contributed by atoms with Crippen molar-refractivity contribution in [1.29, 1.82) is 0 Å². The molecule has 0 aliphatic carbocycles. The number of fused-ring (bicyclic) bond motifs is 5. The number of pyridine rings is 1. The monoisotopic (exact) mass is 993 g/mol.